The number of likely N-dealkylation sites (tertiary alicyclic amines) is 1. The van der Waals surface area contributed by atoms with Gasteiger partial charge in [-0.2, -0.15) is 0 Å². The van der Waals surface area contributed by atoms with E-state index < -0.39 is 5.60 Å². The van der Waals surface area contributed by atoms with Crippen molar-refractivity contribution in [3.05, 3.63) is 30.1 Å². The summed E-state index contributed by atoms with van der Waals surface area (Å²) in [6.45, 7) is 3.32. The highest BCUT2D eigenvalue weighted by molar-refractivity contribution is 5.77. The molecule has 0 radical (unpaired) electrons. The molecule has 3 heterocycles. The number of aliphatic hydroxyl groups is 1. The first-order valence-corrected chi connectivity index (χ1v) is 10.2. The maximum atomic E-state index is 12.8. The minimum atomic E-state index is -0.762. The van der Waals surface area contributed by atoms with Gasteiger partial charge in [0, 0.05) is 37.5 Å². The van der Waals surface area contributed by atoms with E-state index in [0.717, 1.165) is 50.7 Å². The number of hydrogen-bond donors (Lipinski definition) is 1. The van der Waals surface area contributed by atoms with Gasteiger partial charge < -0.3 is 19.5 Å². The largest absolute Gasteiger partial charge is 0.389 e. The number of rotatable bonds is 6. The fourth-order valence-electron chi connectivity index (χ4n) is 4.72. The zero-order valence-corrected chi connectivity index (χ0v) is 15.9. The van der Waals surface area contributed by atoms with Crippen LogP contribution in [0.3, 0.4) is 0 Å². The predicted molar refractivity (Wildman–Crippen MR) is 99.9 cm³/mol. The van der Waals surface area contributed by atoms with Gasteiger partial charge in [-0.3, -0.25) is 9.78 Å². The second-order valence-corrected chi connectivity index (χ2v) is 8.53. The number of carbonyl (C=O) groups excluding carboxylic acids is 1. The van der Waals surface area contributed by atoms with Crippen LogP contribution < -0.4 is 0 Å². The maximum absolute atomic E-state index is 12.8. The molecule has 1 saturated carbocycles. The Morgan fingerprint density at radius 3 is 2.85 bits per heavy atom. The van der Waals surface area contributed by atoms with Crippen LogP contribution in [0.25, 0.3) is 0 Å². The number of hydrogen-bond acceptors (Lipinski definition) is 5. The number of pyridine rings is 1. The van der Waals surface area contributed by atoms with Crippen molar-refractivity contribution in [3.63, 3.8) is 0 Å². The fourth-order valence-corrected chi connectivity index (χ4v) is 4.72. The van der Waals surface area contributed by atoms with E-state index in [9.17, 15) is 9.90 Å². The molecule has 6 heteroatoms. The van der Waals surface area contributed by atoms with E-state index in [2.05, 4.69) is 4.98 Å². The highest BCUT2D eigenvalue weighted by Gasteiger charge is 2.48. The third kappa shape index (κ3) is 4.18. The van der Waals surface area contributed by atoms with Crippen molar-refractivity contribution in [2.24, 2.45) is 5.41 Å². The molecule has 3 aliphatic rings. The van der Waals surface area contributed by atoms with Crippen LogP contribution in [0.15, 0.2) is 24.5 Å². The number of aromatic nitrogens is 1. The SMILES string of the molecule is O=C(CC1(O)CCC1)N1CCC2OCCCC2(COCc2ccncc2)C1. The summed E-state index contributed by atoms with van der Waals surface area (Å²) in [4.78, 5) is 18.8. The predicted octanol–water partition coefficient (Wildman–Crippen LogP) is 2.30. The zero-order chi connectivity index (χ0) is 18.7. The third-order valence-corrected chi connectivity index (χ3v) is 6.51. The number of ether oxygens (including phenoxy) is 2. The minimum absolute atomic E-state index is 0.0785. The molecule has 1 aliphatic carbocycles. The summed E-state index contributed by atoms with van der Waals surface area (Å²) in [6.07, 6.45) is 9.34. The Hall–Kier alpha value is -1.50. The molecule has 0 spiro atoms. The summed E-state index contributed by atoms with van der Waals surface area (Å²) in [6, 6.07) is 3.92. The zero-order valence-electron chi connectivity index (χ0n) is 15.9. The van der Waals surface area contributed by atoms with Gasteiger partial charge in [0.1, 0.15) is 0 Å². The Balaban J connectivity index is 1.39. The van der Waals surface area contributed by atoms with Gasteiger partial charge in [0.05, 0.1) is 31.3 Å². The Labute approximate surface area is 160 Å². The van der Waals surface area contributed by atoms with Crippen LogP contribution in [-0.4, -0.2) is 58.9 Å². The Bertz CT molecular complexity index is 649. The fraction of sp³-hybridized carbons (Fsp3) is 0.714. The van der Waals surface area contributed by atoms with Crippen molar-refractivity contribution >= 4 is 5.91 Å². The summed E-state index contributed by atoms with van der Waals surface area (Å²) in [5.41, 5.74) is 0.203. The van der Waals surface area contributed by atoms with Crippen molar-refractivity contribution < 1.29 is 19.4 Å². The van der Waals surface area contributed by atoms with Crippen LogP contribution in [-0.2, 0) is 20.9 Å². The molecular formula is C21H30N2O4. The first-order chi connectivity index (χ1) is 13.1. The maximum Gasteiger partial charge on any atom is 0.225 e. The van der Waals surface area contributed by atoms with E-state index in [1.54, 1.807) is 12.4 Å². The average Bonchev–Trinajstić information content (AvgIpc) is 2.67. The number of piperidine rings is 1. The number of carbonyl (C=O) groups is 1. The van der Waals surface area contributed by atoms with Crippen molar-refractivity contribution in [2.75, 3.05) is 26.3 Å². The van der Waals surface area contributed by atoms with E-state index in [1.165, 1.54) is 0 Å². The van der Waals surface area contributed by atoms with Gasteiger partial charge >= 0.3 is 0 Å². The molecular weight excluding hydrogens is 344 g/mol. The molecule has 27 heavy (non-hydrogen) atoms. The van der Waals surface area contributed by atoms with Crippen molar-refractivity contribution in [3.8, 4) is 0 Å². The molecule has 2 saturated heterocycles. The van der Waals surface area contributed by atoms with Crippen LogP contribution in [0.2, 0.25) is 0 Å². The Morgan fingerprint density at radius 2 is 2.11 bits per heavy atom. The van der Waals surface area contributed by atoms with Crippen molar-refractivity contribution in [2.45, 2.75) is 63.3 Å². The quantitative estimate of drug-likeness (QED) is 0.827. The van der Waals surface area contributed by atoms with Gasteiger partial charge in [0.25, 0.3) is 0 Å². The van der Waals surface area contributed by atoms with Crippen molar-refractivity contribution in [1.82, 2.24) is 9.88 Å². The lowest BCUT2D eigenvalue weighted by Gasteiger charge is -2.51. The molecule has 0 aromatic carbocycles. The second-order valence-electron chi connectivity index (χ2n) is 8.53. The second kappa shape index (κ2) is 7.86. The summed E-state index contributed by atoms with van der Waals surface area (Å²) >= 11 is 0. The molecule has 4 rings (SSSR count). The van der Waals surface area contributed by atoms with E-state index in [1.807, 2.05) is 17.0 Å². The first-order valence-electron chi connectivity index (χ1n) is 10.2. The topological polar surface area (TPSA) is 71.9 Å². The summed E-state index contributed by atoms with van der Waals surface area (Å²) < 4.78 is 12.2. The Kier molecular flexibility index (Phi) is 5.48. The monoisotopic (exact) mass is 374 g/mol. The molecule has 1 N–H and O–H groups in total. The molecule has 1 aromatic heterocycles. The minimum Gasteiger partial charge on any atom is -0.389 e. The summed E-state index contributed by atoms with van der Waals surface area (Å²) in [7, 11) is 0. The van der Waals surface area contributed by atoms with E-state index in [4.69, 9.17) is 9.47 Å². The molecule has 2 aliphatic heterocycles. The van der Waals surface area contributed by atoms with Crippen LogP contribution in [0.5, 0.6) is 0 Å². The van der Waals surface area contributed by atoms with Gasteiger partial charge in [0.15, 0.2) is 0 Å². The molecule has 3 fully saturated rings. The van der Waals surface area contributed by atoms with E-state index in [-0.39, 0.29) is 23.8 Å². The summed E-state index contributed by atoms with van der Waals surface area (Å²) in [5, 5.41) is 10.4. The van der Waals surface area contributed by atoms with Gasteiger partial charge in [0.2, 0.25) is 5.91 Å². The lowest BCUT2D eigenvalue weighted by atomic mass is 9.72. The van der Waals surface area contributed by atoms with Crippen LogP contribution in [0.4, 0.5) is 0 Å². The summed E-state index contributed by atoms with van der Waals surface area (Å²) in [5.74, 6) is 0.0785. The first kappa shape index (κ1) is 18.8. The van der Waals surface area contributed by atoms with Gasteiger partial charge in [-0.15, -0.1) is 0 Å². The normalized spacial score (nSPS) is 29.7. The van der Waals surface area contributed by atoms with Crippen LogP contribution in [0.1, 0.15) is 50.5 Å². The standard InChI is InChI=1S/C21H30N2O4/c24-19(13-21(25)7-1-8-21)23-11-5-18-20(15-23,6-2-12-27-18)16-26-14-17-3-9-22-10-4-17/h3-4,9-10,18,25H,1-2,5-8,11-16H2. The highest BCUT2D eigenvalue weighted by Crippen LogP contribution is 2.42. The van der Waals surface area contributed by atoms with Crippen LogP contribution >= 0.6 is 0 Å². The van der Waals surface area contributed by atoms with Crippen molar-refractivity contribution in [1.29, 1.82) is 0 Å². The smallest absolute Gasteiger partial charge is 0.225 e. The molecule has 1 amide bonds. The average molecular weight is 374 g/mol. The van der Waals surface area contributed by atoms with Crippen LogP contribution in [0, 0.1) is 5.41 Å². The van der Waals surface area contributed by atoms with E-state index in [0.29, 0.717) is 26.3 Å². The molecule has 0 bridgehead atoms. The van der Waals surface area contributed by atoms with Gasteiger partial charge in [-0.1, -0.05) is 0 Å². The molecule has 6 nitrogen and oxygen atoms in total. The highest BCUT2D eigenvalue weighted by atomic mass is 16.5. The number of nitrogens with zero attached hydrogens (tertiary/aromatic N) is 2. The number of amides is 1. The molecule has 2 unspecified atom stereocenters. The molecule has 1 aromatic rings. The van der Waals surface area contributed by atoms with Gasteiger partial charge in [-0.25, -0.2) is 0 Å². The third-order valence-electron chi connectivity index (χ3n) is 6.51. The lowest BCUT2D eigenvalue weighted by Crippen LogP contribution is -2.58. The van der Waals surface area contributed by atoms with E-state index >= 15 is 0 Å². The number of fused-ring (bicyclic) bond motifs is 1. The Morgan fingerprint density at radius 1 is 1.30 bits per heavy atom. The lowest BCUT2D eigenvalue weighted by molar-refractivity contribution is -0.170. The van der Waals surface area contributed by atoms with Gasteiger partial charge in [-0.05, 0) is 56.2 Å². The molecule has 2 atom stereocenters. The molecule has 148 valence electrons.